The van der Waals surface area contributed by atoms with Gasteiger partial charge in [0.1, 0.15) is 0 Å². The van der Waals surface area contributed by atoms with Crippen molar-refractivity contribution in [1.82, 2.24) is 30.6 Å². The lowest BCUT2D eigenvalue weighted by Gasteiger charge is -2.33. The Kier molecular flexibility index (Phi) is 3.54. The van der Waals surface area contributed by atoms with Crippen LogP contribution >= 0.6 is 0 Å². The number of aromatic nitrogens is 4. The normalized spacial score (nSPS) is 16.2. The second-order valence-electron chi connectivity index (χ2n) is 3.72. The van der Waals surface area contributed by atoms with Crippen molar-refractivity contribution in [2.75, 3.05) is 21.1 Å². The van der Waals surface area contributed by atoms with Crippen molar-refractivity contribution in [2.45, 2.75) is 25.8 Å². The number of nitrogens with zero attached hydrogens (tertiary/aromatic N) is 5. The van der Waals surface area contributed by atoms with Crippen LogP contribution in [0.25, 0.3) is 0 Å². The van der Waals surface area contributed by atoms with E-state index in [2.05, 4.69) is 39.5 Å². The van der Waals surface area contributed by atoms with Crippen LogP contribution in [0.5, 0.6) is 0 Å². The third-order valence-corrected chi connectivity index (χ3v) is 2.71. The summed E-state index contributed by atoms with van der Waals surface area (Å²) in [5, 5.41) is 18.2. The molecule has 1 rings (SSSR count). The Morgan fingerprint density at radius 1 is 1.21 bits per heavy atom. The third kappa shape index (κ3) is 2.27. The third-order valence-electron chi connectivity index (χ3n) is 2.71. The maximum atomic E-state index is 3.99. The van der Waals surface area contributed by atoms with Crippen LogP contribution in [0.15, 0.2) is 0 Å². The molecule has 2 unspecified atom stereocenters. The highest BCUT2D eigenvalue weighted by atomic mass is 15.6. The summed E-state index contributed by atoms with van der Waals surface area (Å²) in [6.07, 6.45) is 0. The summed E-state index contributed by atoms with van der Waals surface area (Å²) in [5.74, 6) is 1.01. The number of nitrogens with one attached hydrogen (secondary N) is 1. The smallest absolute Gasteiger partial charge is 0.178 e. The van der Waals surface area contributed by atoms with Crippen LogP contribution in [-0.2, 0) is 0 Å². The molecule has 6 nitrogen and oxygen atoms in total. The molecule has 80 valence electrons. The molecule has 0 saturated heterocycles. The van der Waals surface area contributed by atoms with Crippen LogP contribution in [0.4, 0.5) is 0 Å². The number of tetrazole rings is 1. The average molecular weight is 198 g/mol. The zero-order valence-corrected chi connectivity index (χ0v) is 9.39. The van der Waals surface area contributed by atoms with Crippen molar-refractivity contribution in [1.29, 1.82) is 0 Å². The van der Waals surface area contributed by atoms with E-state index < -0.39 is 0 Å². The molecule has 0 bridgehead atoms. The van der Waals surface area contributed by atoms with Crippen molar-refractivity contribution >= 4 is 0 Å². The monoisotopic (exact) mass is 198 g/mol. The van der Waals surface area contributed by atoms with E-state index in [-0.39, 0.29) is 5.92 Å². The predicted octanol–water partition coefficient (Wildman–Crippen LogP) is 0.100. The molecule has 1 aromatic heterocycles. The SMILES string of the molecule is CC(c1nn[nH]n1)C(C)N(C)N(C)C. The molecule has 2 atom stereocenters. The minimum atomic E-state index is 0.251. The van der Waals surface area contributed by atoms with Crippen molar-refractivity contribution in [3.05, 3.63) is 5.82 Å². The van der Waals surface area contributed by atoms with Crippen LogP contribution in [0.3, 0.4) is 0 Å². The zero-order chi connectivity index (χ0) is 10.7. The second kappa shape index (κ2) is 4.47. The van der Waals surface area contributed by atoms with E-state index in [1.807, 2.05) is 26.2 Å². The van der Waals surface area contributed by atoms with E-state index in [4.69, 9.17) is 0 Å². The Morgan fingerprint density at radius 2 is 1.86 bits per heavy atom. The van der Waals surface area contributed by atoms with Gasteiger partial charge in [-0.1, -0.05) is 12.1 Å². The fraction of sp³-hybridized carbons (Fsp3) is 0.875. The molecule has 0 aliphatic rings. The highest BCUT2D eigenvalue weighted by molar-refractivity contribution is 4.93. The number of hydrogen-bond donors (Lipinski definition) is 1. The Hall–Kier alpha value is -1.01. The second-order valence-corrected chi connectivity index (χ2v) is 3.72. The molecule has 14 heavy (non-hydrogen) atoms. The summed E-state index contributed by atoms with van der Waals surface area (Å²) in [6.45, 7) is 4.23. The largest absolute Gasteiger partial charge is 0.248 e. The maximum Gasteiger partial charge on any atom is 0.178 e. The van der Waals surface area contributed by atoms with Gasteiger partial charge in [-0.2, -0.15) is 5.21 Å². The molecule has 0 aromatic carbocycles. The molecule has 1 heterocycles. The van der Waals surface area contributed by atoms with Crippen molar-refractivity contribution in [3.8, 4) is 0 Å². The molecular weight excluding hydrogens is 180 g/mol. The van der Waals surface area contributed by atoms with Crippen LogP contribution in [0, 0.1) is 0 Å². The number of hydrazine groups is 1. The van der Waals surface area contributed by atoms with Crippen molar-refractivity contribution < 1.29 is 0 Å². The molecule has 0 amide bonds. The van der Waals surface area contributed by atoms with E-state index in [0.717, 1.165) is 5.82 Å². The lowest BCUT2D eigenvalue weighted by molar-refractivity contribution is 0.00741. The highest BCUT2D eigenvalue weighted by Crippen LogP contribution is 2.17. The molecule has 0 fully saturated rings. The minimum absolute atomic E-state index is 0.251. The number of likely N-dealkylation sites (N-methyl/N-ethyl adjacent to an activating group) is 1. The highest BCUT2D eigenvalue weighted by Gasteiger charge is 2.22. The van der Waals surface area contributed by atoms with Gasteiger partial charge in [0.25, 0.3) is 0 Å². The van der Waals surface area contributed by atoms with Gasteiger partial charge in [0.2, 0.25) is 0 Å². The van der Waals surface area contributed by atoms with Crippen molar-refractivity contribution in [2.24, 2.45) is 0 Å². The average Bonchev–Trinajstić information content (AvgIpc) is 2.67. The predicted molar refractivity (Wildman–Crippen MR) is 53.5 cm³/mol. The Morgan fingerprint density at radius 3 is 2.29 bits per heavy atom. The summed E-state index contributed by atoms with van der Waals surface area (Å²) in [6, 6.07) is 0.336. The summed E-state index contributed by atoms with van der Waals surface area (Å²) in [5.41, 5.74) is 0. The number of hydrogen-bond acceptors (Lipinski definition) is 5. The number of aromatic amines is 1. The van der Waals surface area contributed by atoms with Gasteiger partial charge in [0.05, 0.1) is 0 Å². The van der Waals surface area contributed by atoms with Gasteiger partial charge < -0.3 is 0 Å². The molecule has 1 N–H and O–H groups in total. The molecule has 1 aromatic rings. The van der Waals surface area contributed by atoms with Gasteiger partial charge >= 0.3 is 0 Å². The first-order valence-corrected chi connectivity index (χ1v) is 4.67. The first kappa shape index (κ1) is 11.1. The number of rotatable bonds is 4. The summed E-state index contributed by atoms with van der Waals surface area (Å²) in [4.78, 5) is 0. The van der Waals surface area contributed by atoms with Crippen LogP contribution in [-0.4, -0.2) is 57.8 Å². The van der Waals surface area contributed by atoms with E-state index in [1.54, 1.807) is 0 Å². The first-order valence-electron chi connectivity index (χ1n) is 4.67. The zero-order valence-electron chi connectivity index (χ0n) is 9.39. The van der Waals surface area contributed by atoms with Gasteiger partial charge in [-0.25, -0.2) is 10.0 Å². The van der Waals surface area contributed by atoms with Crippen molar-refractivity contribution in [3.63, 3.8) is 0 Å². The fourth-order valence-corrected chi connectivity index (χ4v) is 1.27. The lowest BCUT2D eigenvalue weighted by atomic mass is 10.0. The Labute approximate surface area is 84.2 Å². The fourth-order valence-electron chi connectivity index (χ4n) is 1.27. The standard InChI is InChI=1S/C8H18N6/c1-6(8-9-11-12-10-8)7(2)14(5)13(3)4/h6-7H,1-5H3,(H,9,10,11,12). The van der Waals surface area contributed by atoms with E-state index in [1.165, 1.54) is 0 Å². The maximum absolute atomic E-state index is 3.99. The van der Waals surface area contributed by atoms with Gasteiger partial charge in [-0.05, 0) is 6.92 Å². The van der Waals surface area contributed by atoms with E-state index in [9.17, 15) is 0 Å². The molecule has 0 radical (unpaired) electrons. The molecule has 6 heteroatoms. The van der Waals surface area contributed by atoms with Crippen LogP contribution < -0.4 is 0 Å². The molecule has 0 aliphatic heterocycles. The van der Waals surface area contributed by atoms with Crippen LogP contribution in [0.2, 0.25) is 0 Å². The first-order chi connectivity index (χ1) is 6.54. The summed E-state index contributed by atoms with van der Waals surface area (Å²) >= 11 is 0. The molecule has 0 spiro atoms. The van der Waals surface area contributed by atoms with Gasteiger partial charge in [-0.3, -0.25) is 0 Å². The van der Waals surface area contributed by atoms with Gasteiger partial charge in [0.15, 0.2) is 5.82 Å². The Balaban J connectivity index is 2.65. The lowest BCUT2D eigenvalue weighted by Crippen LogP contribution is -2.42. The van der Waals surface area contributed by atoms with E-state index in [0.29, 0.717) is 6.04 Å². The molecule has 0 saturated carbocycles. The topological polar surface area (TPSA) is 60.9 Å². The minimum Gasteiger partial charge on any atom is -0.248 e. The summed E-state index contributed by atoms with van der Waals surface area (Å²) in [7, 11) is 6.07. The number of H-pyrrole nitrogens is 1. The molecular formula is C8H18N6. The van der Waals surface area contributed by atoms with Gasteiger partial charge in [0, 0.05) is 33.1 Å². The Bertz CT molecular complexity index is 257. The van der Waals surface area contributed by atoms with Crippen LogP contribution in [0.1, 0.15) is 25.6 Å². The molecule has 0 aliphatic carbocycles. The quantitative estimate of drug-likeness (QED) is 0.695. The van der Waals surface area contributed by atoms with E-state index >= 15 is 0 Å². The van der Waals surface area contributed by atoms with Gasteiger partial charge in [-0.15, -0.1) is 10.2 Å². The summed E-state index contributed by atoms with van der Waals surface area (Å²) < 4.78 is 0.